The maximum absolute atomic E-state index is 12.7. The van der Waals surface area contributed by atoms with Crippen LogP contribution < -0.4 is 10.2 Å². The lowest BCUT2D eigenvalue weighted by Crippen LogP contribution is -2.31. The van der Waals surface area contributed by atoms with Crippen LogP contribution in [0.2, 0.25) is 0 Å². The summed E-state index contributed by atoms with van der Waals surface area (Å²) in [4.78, 5) is 20.4. The molecule has 0 aliphatic rings. The predicted octanol–water partition coefficient (Wildman–Crippen LogP) is 5.01. The van der Waals surface area contributed by atoms with E-state index in [0.29, 0.717) is 12.3 Å². The summed E-state index contributed by atoms with van der Waals surface area (Å²) in [5.41, 5.74) is 0.925. The van der Waals surface area contributed by atoms with Crippen LogP contribution in [0.15, 0.2) is 46.1 Å². The van der Waals surface area contributed by atoms with E-state index in [-0.39, 0.29) is 5.91 Å². The lowest BCUT2D eigenvalue weighted by Gasteiger charge is -2.16. The van der Waals surface area contributed by atoms with Gasteiger partial charge in [-0.15, -0.1) is 21.5 Å². The fraction of sp³-hybridized carbons (Fsp3) is 0.263. The molecular formula is C19H19N5OS4. The Morgan fingerprint density at radius 3 is 2.86 bits per heavy atom. The van der Waals surface area contributed by atoms with Gasteiger partial charge in [0.05, 0.1) is 16.0 Å². The summed E-state index contributed by atoms with van der Waals surface area (Å²) in [5.74, 6) is 0.340. The van der Waals surface area contributed by atoms with Gasteiger partial charge in [-0.05, 0) is 36.9 Å². The van der Waals surface area contributed by atoms with E-state index in [2.05, 4.69) is 38.0 Å². The molecule has 10 heteroatoms. The summed E-state index contributed by atoms with van der Waals surface area (Å²) in [6, 6.07) is 12.1. The molecule has 0 unspecified atom stereocenters. The Morgan fingerprint density at radius 2 is 2.07 bits per heavy atom. The number of nitrogens with zero attached hydrogens (tertiary/aromatic N) is 4. The Bertz CT molecular complexity index is 1040. The van der Waals surface area contributed by atoms with Crippen LogP contribution >= 0.6 is 45.8 Å². The number of anilines is 2. The molecule has 1 N–H and O–H groups in total. The van der Waals surface area contributed by atoms with Gasteiger partial charge in [0.1, 0.15) is 0 Å². The van der Waals surface area contributed by atoms with Gasteiger partial charge in [0.2, 0.25) is 11.0 Å². The third kappa shape index (κ3) is 5.13. The highest BCUT2D eigenvalue weighted by atomic mass is 32.2. The van der Waals surface area contributed by atoms with Crippen LogP contribution in [0, 0.1) is 0 Å². The largest absolute Gasteiger partial charge is 0.360 e. The van der Waals surface area contributed by atoms with Crippen molar-refractivity contribution in [1.82, 2.24) is 15.2 Å². The Hall–Kier alpha value is -2.01. The van der Waals surface area contributed by atoms with Crippen molar-refractivity contribution in [2.24, 2.45) is 0 Å². The first kappa shape index (κ1) is 20.3. The van der Waals surface area contributed by atoms with E-state index in [1.807, 2.05) is 31.2 Å². The quantitative estimate of drug-likeness (QED) is 0.353. The van der Waals surface area contributed by atoms with E-state index in [4.69, 9.17) is 0 Å². The second-order valence-corrected chi connectivity index (χ2v) is 10.3. The van der Waals surface area contributed by atoms with Gasteiger partial charge in [0, 0.05) is 18.0 Å². The van der Waals surface area contributed by atoms with Crippen LogP contribution in [0.4, 0.5) is 10.3 Å². The van der Waals surface area contributed by atoms with Crippen LogP contribution in [0.3, 0.4) is 0 Å². The highest BCUT2D eigenvalue weighted by molar-refractivity contribution is 8.01. The van der Waals surface area contributed by atoms with Gasteiger partial charge in [-0.25, -0.2) is 4.98 Å². The van der Waals surface area contributed by atoms with Crippen LogP contribution in [0.25, 0.3) is 10.2 Å². The number of nitrogens with one attached hydrogen (secondary N) is 1. The first-order chi connectivity index (χ1) is 14.2. The summed E-state index contributed by atoms with van der Waals surface area (Å²) in [6.07, 6.45) is 0.964. The van der Waals surface area contributed by atoms with E-state index in [1.165, 1.54) is 28.0 Å². The molecule has 150 valence electrons. The van der Waals surface area contributed by atoms with Gasteiger partial charge in [0.25, 0.3) is 0 Å². The van der Waals surface area contributed by atoms with Gasteiger partial charge >= 0.3 is 0 Å². The molecule has 0 atom stereocenters. The standard InChI is InChI=1S/C19H19N5OS4/c1-2-24(18-21-14-7-3-4-8-15(14)28-18)16(25)12-27-19-23-22-17(29-19)20-10-9-13-6-5-11-26-13/h3-8,11H,2,9-10,12H2,1H3,(H,20,22). The molecule has 29 heavy (non-hydrogen) atoms. The second kappa shape index (κ2) is 9.66. The molecule has 1 aromatic carbocycles. The molecule has 0 aliphatic heterocycles. The average Bonchev–Trinajstić information content (AvgIpc) is 3.48. The molecule has 1 amide bonds. The molecule has 0 bridgehead atoms. The second-order valence-electron chi connectivity index (χ2n) is 6.02. The minimum Gasteiger partial charge on any atom is -0.360 e. The first-order valence-electron chi connectivity index (χ1n) is 9.11. The van der Waals surface area contributed by atoms with Crippen LogP contribution in [0.5, 0.6) is 0 Å². The number of carbonyl (C=O) groups excluding carboxylic acids is 1. The molecule has 6 nitrogen and oxygen atoms in total. The number of fused-ring (bicyclic) bond motifs is 1. The molecule has 0 saturated carbocycles. The number of hydrogen-bond donors (Lipinski definition) is 1. The molecule has 0 spiro atoms. The highest BCUT2D eigenvalue weighted by Crippen LogP contribution is 2.30. The number of rotatable bonds is 9. The van der Waals surface area contributed by atoms with Gasteiger partial charge in [-0.3, -0.25) is 9.69 Å². The SMILES string of the molecule is CCN(C(=O)CSc1nnc(NCCc2cccs2)s1)c1nc2ccccc2s1. The van der Waals surface area contributed by atoms with E-state index in [1.54, 1.807) is 27.6 Å². The molecule has 3 aromatic heterocycles. The molecular weight excluding hydrogens is 443 g/mol. The van der Waals surface area contributed by atoms with E-state index >= 15 is 0 Å². The molecule has 0 fully saturated rings. The number of para-hydroxylation sites is 1. The number of thiophene rings is 1. The zero-order valence-corrected chi connectivity index (χ0v) is 19.0. The van der Waals surface area contributed by atoms with Crippen molar-refractivity contribution in [3.8, 4) is 0 Å². The third-order valence-electron chi connectivity index (χ3n) is 4.08. The number of amides is 1. The highest BCUT2D eigenvalue weighted by Gasteiger charge is 2.19. The summed E-state index contributed by atoms with van der Waals surface area (Å²) in [7, 11) is 0. The zero-order chi connectivity index (χ0) is 20.1. The first-order valence-corrected chi connectivity index (χ1v) is 12.6. The fourth-order valence-electron chi connectivity index (χ4n) is 2.68. The fourth-order valence-corrected chi connectivity index (χ4v) is 6.09. The molecule has 4 aromatic rings. The van der Waals surface area contributed by atoms with Crippen LogP contribution in [-0.2, 0) is 11.2 Å². The van der Waals surface area contributed by atoms with Crippen molar-refractivity contribution in [1.29, 1.82) is 0 Å². The van der Waals surface area contributed by atoms with E-state index in [0.717, 1.165) is 37.8 Å². The van der Waals surface area contributed by atoms with E-state index < -0.39 is 0 Å². The lowest BCUT2D eigenvalue weighted by molar-refractivity contribution is -0.116. The van der Waals surface area contributed by atoms with Crippen molar-refractivity contribution < 1.29 is 4.79 Å². The van der Waals surface area contributed by atoms with Gasteiger partial charge in [-0.2, -0.15) is 0 Å². The lowest BCUT2D eigenvalue weighted by atomic mass is 10.3. The number of benzene rings is 1. The summed E-state index contributed by atoms with van der Waals surface area (Å²) < 4.78 is 1.88. The maximum Gasteiger partial charge on any atom is 0.239 e. The van der Waals surface area contributed by atoms with Crippen molar-refractivity contribution >= 4 is 72.2 Å². The minimum atomic E-state index is 0.0268. The van der Waals surface area contributed by atoms with Crippen molar-refractivity contribution in [3.63, 3.8) is 0 Å². The monoisotopic (exact) mass is 461 g/mol. The summed E-state index contributed by atoms with van der Waals surface area (Å²) in [6.45, 7) is 3.38. The molecule has 3 heterocycles. The number of carbonyl (C=O) groups is 1. The number of thiazole rings is 1. The predicted molar refractivity (Wildman–Crippen MR) is 125 cm³/mol. The topological polar surface area (TPSA) is 71.0 Å². The molecule has 0 saturated heterocycles. The van der Waals surface area contributed by atoms with Crippen molar-refractivity contribution in [2.45, 2.75) is 17.7 Å². The third-order valence-corrected chi connectivity index (χ3v) is 8.08. The van der Waals surface area contributed by atoms with Crippen LogP contribution in [0.1, 0.15) is 11.8 Å². The van der Waals surface area contributed by atoms with E-state index in [9.17, 15) is 4.79 Å². The minimum absolute atomic E-state index is 0.0268. The smallest absolute Gasteiger partial charge is 0.239 e. The summed E-state index contributed by atoms with van der Waals surface area (Å²) in [5, 5.41) is 15.3. The van der Waals surface area contributed by atoms with Crippen molar-refractivity contribution in [2.75, 3.05) is 29.1 Å². The number of hydrogen-bond acceptors (Lipinski definition) is 9. The Kier molecular flexibility index (Phi) is 6.75. The number of thioether (sulfide) groups is 1. The Labute approximate surface area is 185 Å². The van der Waals surface area contributed by atoms with Crippen LogP contribution in [-0.4, -0.2) is 39.9 Å². The van der Waals surface area contributed by atoms with Gasteiger partial charge < -0.3 is 5.32 Å². The molecule has 0 aliphatic carbocycles. The van der Waals surface area contributed by atoms with Crippen molar-refractivity contribution in [3.05, 3.63) is 46.7 Å². The number of aromatic nitrogens is 3. The summed E-state index contributed by atoms with van der Waals surface area (Å²) >= 11 is 6.20. The molecule has 0 radical (unpaired) electrons. The zero-order valence-electron chi connectivity index (χ0n) is 15.7. The molecule has 4 rings (SSSR count). The van der Waals surface area contributed by atoms with Gasteiger partial charge in [0.15, 0.2) is 9.47 Å². The Morgan fingerprint density at radius 1 is 1.17 bits per heavy atom. The normalized spacial score (nSPS) is 11.1. The van der Waals surface area contributed by atoms with Gasteiger partial charge in [-0.1, -0.05) is 52.6 Å². The maximum atomic E-state index is 12.7. The Balaban J connectivity index is 1.30. The average molecular weight is 462 g/mol.